The zero-order valence-corrected chi connectivity index (χ0v) is 22.5. The topological polar surface area (TPSA) is 49.4 Å². The largest absolute Gasteiger partial charge is 0.352 e. The van der Waals surface area contributed by atoms with E-state index in [2.05, 4.69) is 5.32 Å². The maximum atomic E-state index is 13.7. The lowest BCUT2D eigenvalue weighted by atomic mass is 10.0. The smallest absolute Gasteiger partial charge is 0.243 e. The summed E-state index contributed by atoms with van der Waals surface area (Å²) in [6, 6.07) is 22.2. The Hall–Kier alpha value is -2.47. The van der Waals surface area contributed by atoms with Crippen molar-refractivity contribution in [2.45, 2.75) is 50.7 Å². The monoisotopic (exact) mass is 528 g/mol. The molecule has 0 heterocycles. The Labute approximate surface area is 222 Å². The summed E-state index contributed by atoms with van der Waals surface area (Å²) in [5, 5.41) is 3.91. The minimum absolute atomic E-state index is 0.0661. The van der Waals surface area contributed by atoms with Crippen molar-refractivity contribution in [3.05, 3.63) is 99.5 Å². The van der Waals surface area contributed by atoms with Gasteiger partial charge in [-0.05, 0) is 50.6 Å². The van der Waals surface area contributed by atoms with E-state index in [0.29, 0.717) is 22.0 Å². The van der Waals surface area contributed by atoms with E-state index < -0.39 is 6.04 Å². The Morgan fingerprint density at radius 1 is 0.914 bits per heavy atom. The lowest BCUT2D eigenvalue weighted by molar-refractivity contribution is -0.139. The van der Waals surface area contributed by atoms with Crippen LogP contribution in [-0.4, -0.2) is 34.6 Å². The number of carbonyl (C=O) groups excluding carboxylic acids is 2. The number of nitrogens with zero attached hydrogens (tertiary/aromatic N) is 1. The lowest BCUT2D eigenvalue weighted by Crippen LogP contribution is -2.52. The minimum atomic E-state index is -0.724. The Morgan fingerprint density at radius 2 is 1.54 bits per heavy atom. The molecule has 0 bridgehead atoms. The van der Waals surface area contributed by atoms with E-state index in [0.717, 1.165) is 16.0 Å². The fourth-order valence-corrected chi connectivity index (χ4v) is 4.95. The molecule has 184 valence electrons. The first-order valence-electron chi connectivity index (χ1n) is 11.5. The highest BCUT2D eigenvalue weighted by Crippen LogP contribution is 2.28. The van der Waals surface area contributed by atoms with Gasteiger partial charge in [0.2, 0.25) is 11.8 Å². The molecule has 0 spiro atoms. The number of halogens is 2. The summed E-state index contributed by atoms with van der Waals surface area (Å²) >= 11 is 14.4. The molecule has 0 fully saturated rings. The van der Waals surface area contributed by atoms with Gasteiger partial charge in [-0.15, -0.1) is 11.8 Å². The van der Waals surface area contributed by atoms with Crippen LogP contribution in [-0.2, 0) is 22.6 Å². The second-order valence-electron chi connectivity index (χ2n) is 8.69. The molecule has 0 saturated carbocycles. The number of carbonyl (C=O) groups is 2. The molecule has 4 nitrogen and oxygen atoms in total. The van der Waals surface area contributed by atoms with Crippen LogP contribution in [0.15, 0.2) is 77.7 Å². The maximum Gasteiger partial charge on any atom is 0.243 e. The third-order valence-corrected chi connectivity index (χ3v) is 7.18. The van der Waals surface area contributed by atoms with Gasteiger partial charge < -0.3 is 10.2 Å². The predicted octanol–water partition coefficient (Wildman–Crippen LogP) is 6.56. The number of thioether (sulfide) groups is 1. The average Bonchev–Trinajstić information content (AvgIpc) is 2.82. The first-order chi connectivity index (χ1) is 16.7. The SMILES string of the molecule is Cc1ccc(SCC(=O)N(Cc2c(Cl)cccc2Cl)[C@H](Cc2ccccc2)C(=O)NC(C)C)cc1. The Bertz CT molecular complexity index is 1120. The number of hydrogen-bond acceptors (Lipinski definition) is 3. The van der Waals surface area contributed by atoms with E-state index in [1.807, 2.05) is 75.4 Å². The van der Waals surface area contributed by atoms with Crippen molar-refractivity contribution in [1.29, 1.82) is 0 Å². The molecule has 3 rings (SSSR count). The van der Waals surface area contributed by atoms with Crippen molar-refractivity contribution < 1.29 is 9.59 Å². The van der Waals surface area contributed by atoms with Crippen LogP contribution in [0, 0.1) is 6.92 Å². The standard InChI is InChI=1S/C28H30Cl2N2O2S/c1-19(2)31-28(34)26(16-21-8-5-4-6-9-21)32(17-23-24(29)10-7-11-25(23)30)27(33)18-35-22-14-12-20(3)13-15-22/h4-15,19,26H,16-18H2,1-3H3,(H,31,34)/t26-/m1/s1. The van der Waals surface area contributed by atoms with Crippen LogP contribution in [0.25, 0.3) is 0 Å². The van der Waals surface area contributed by atoms with E-state index >= 15 is 0 Å². The van der Waals surface area contributed by atoms with Crippen molar-refractivity contribution >= 4 is 46.8 Å². The molecule has 3 aromatic carbocycles. The predicted molar refractivity (Wildman–Crippen MR) is 146 cm³/mol. The Morgan fingerprint density at radius 3 is 2.14 bits per heavy atom. The molecule has 7 heteroatoms. The van der Waals surface area contributed by atoms with Crippen LogP contribution in [0.1, 0.15) is 30.5 Å². The van der Waals surface area contributed by atoms with Crippen molar-refractivity contribution in [3.8, 4) is 0 Å². The molecule has 1 atom stereocenters. The van der Waals surface area contributed by atoms with Crippen molar-refractivity contribution in [3.63, 3.8) is 0 Å². The molecular weight excluding hydrogens is 499 g/mol. The molecule has 0 aliphatic carbocycles. The highest BCUT2D eigenvalue weighted by molar-refractivity contribution is 8.00. The molecule has 0 aliphatic heterocycles. The average molecular weight is 530 g/mol. The molecule has 0 aromatic heterocycles. The lowest BCUT2D eigenvalue weighted by Gasteiger charge is -2.32. The van der Waals surface area contributed by atoms with Gasteiger partial charge in [-0.3, -0.25) is 9.59 Å². The zero-order valence-electron chi connectivity index (χ0n) is 20.1. The van der Waals surface area contributed by atoms with Crippen molar-refractivity contribution in [1.82, 2.24) is 10.2 Å². The molecule has 35 heavy (non-hydrogen) atoms. The summed E-state index contributed by atoms with van der Waals surface area (Å²) in [5.74, 6) is -0.183. The van der Waals surface area contributed by atoms with Crippen LogP contribution < -0.4 is 5.32 Å². The summed E-state index contributed by atoms with van der Waals surface area (Å²) in [7, 11) is 0. The van der Waals surface area contributed by atoms with E-state index in [-0.39, 0.29) is 30.2 Å². The summed E-state index contributed by atoms with van der Waals surface area (Å²) < 4.78 is 0. The first-order valence-corrected chi connectivity index (χ1v) is 13.2. The molecule has 1 N–H and O–H groups in total. The van der Waals surface area contributed by atoms with Gasteiger partial charge in [0.15, 0.2) is 0 Å². The molecule has 0 aliphatic rings. The number of rotatable bonds is 10. The third-order valence-electron chi connectivity index (χ3n) is 5.48. The number of hydrogen-bond donors (Lipinski definition) is 1. The zero-order chi connectivity index (χ0) is 25.4. The summed E-state index contributed by atoms with van der Waals surface area (Å²) in [4.78, 5) is 29.7. The summed E-state index contributed by atoms with van der Waals surface area (Å²) in [6.07, 6.45) is 0.377. The van der Waals surface area contributed by atoms with Gasteiger partial charge in [0.1, 0.15) is 6.04 Å². The fourth-order valence-electron chi connectivity index (χ4n) is 3.65. The van der Waals surface area contributed by atoms with Gasteiger partial charge in [0.05, 0.1) is 5.75 Å². The second kappa shape index (κ2) is 13.0. The number of amides is 2. The quantitative estimate of drug-likeness (QED) is 0.303. The molecule has 0 radical (unpaired) electrons. The van der Waals surface area contributed by atoms with Crippen LogP contribution in [0.3, 0.4) is 0 Å². The van der Waals surface area contributed by atoms with Crippen LogP contribution in [0.5, 0.6) is 0 Å². The molecular formula is C28H30Cl2N2O2S. The van der Waals surface area contributed by atoms with Gasteiger partial charge in [0, 0.05) is 39.5 Å². The number of nitrogens with one attached hydrogen (secondary N) is 1. The maximum absolute atomic E-state index is 13.7. The van der Waals surface area contributed by atoms with Gasteiger partial charge in [0.25, 0.3) is 0 Å². The van der Waals surface area contributed by atoms with Crippen LogP contribution in [0.4, 0.5) is 0 Å². The van der Waals surface area contributed by atoms with Gasteiger partial charge in [-0.25, -0.2) is 0 Å². The van der Waals surface area contributed by atoms with E-state index in [1.165, 1.54) is 11.8 Å². The van der Waals surface area contributed by atoms with Crippen molar-refractivity contribution in [2.24, 2.45) is 0 Å². The van der Waals surface area contributed by atoms with Crippen molar-refractivity contribution in [2.75, 3.05) is 5.75 Å². The first kappa shape index (κ1) is 27.1. The highest BCUT2D eigenvalue weighted by Gasteiger charge is 2.31. The number of benzene rings is 3. The molecule has 3 aromatic rings. The fraction of sp³-hybridized carbons (Fsp3) is 0.286. The molecule has 0 unspecified atom stereocenters. The van der Waals surface area contributed by atoms with Gasteiger partial charge in [-0.2, -0.15) is 0 Å². The van der Waals surface area contributed by atoms with E-state index in [4.69, 9.17) is 23.2 Å². The molecule has 0 saturated heterocycles. The highest BCUT2D eigenvalue weighted by atomic mass is 35.5. The summed E-state index contributed by atoms with van der Waals surface area (Å²) in [6.45, 7) is 5.97. The van der Waals surface area contributed by atoms with Crippen LogP contribution in [0.2, 0.25) is 10.0 Å². The Kier molecular flexibility index (Phi) is 10.1. The third kappa shape index (κ3) is 8.03. The molecule has 2 amide bonds. The van der Waals surface area contributed by atoms with Gasteiger partial charge >= 0.3 is 0 Å². The van der Waals surface area contributed by atoms with E-state index in [9.17, 15) is 9.59 Å². The van der Waals surface area contributed by atoms with Crippen LogP contribution >= 0.6 is 35.0 Å². The number of aryl methyl sites for hydroxylation is 1. The Balaban J connectivity index is 1.95. The van der Waals surface area contributed by atoms with Gasteiger partial charge in [-0.1, -0.05) is 77.3 Å². The summed E-state index contributed by atoms with van der Waals surface area (Å²) in [5.41, 5.74) is 2.74. The van der Waals surface area contributed by atoms with E-state index in [1.54, 1.807) is 23.1 Å². The normalized spacial score (nSPS) is 11.8. The minimum Gasteiger partial charge on any atom is -0.352 e. The second-order valence-corrected chi connectivity index (χ2v) is 10.6.